The number of piperidine rings is 1. The fourth-order valence-electron chi connectivity index (χ4n) is 3.15. The van der Waals surface area contributed by atoms with E-state index in [-0.39, 0.29) is 0 Å². The molecule has 3 N–H and O–H groups in total. The molecular weight excluding hydrogens is 280 g/mol. The summed E-state index contributed by atoms with van der Waals surface area (Å²) in [4.78, 5) is 17.0. The van der Waals surface area contributed by atoms with E-state index in [1.165, 1.54) is 4.90 Å². The number of nitrogens with two attached hydrogens (primary N) is 1. The Morgan fingerprint density at radius 2 is 2.32 bits per heavy atom. The molecule has 2 unspecified atom stereocenters. The Bertz CT molecular complexity index is 770. The molecule has 1 aromatic heterocycles. The molecule has 0 saturated carbocycles. The molecule has 0 bridgehead atoms. The lowest BCUT2D eigenvalue weighted by molar-refractivity contribution is 0.0239. The van der Waals surface area contributed by atoms with E-state index in [2.05, 4.69) is 11.1 Å². The van der Waals surface area contributed by atoms with Gasteiger partial charge in [0.2, 0.25) is 0 Å². The van der Waals surface area contributed by atoms with Gasteiger partial charge in [0.1, 0.15) is 5.66 Å². The predicted molar refractivity (Wildman–Crippen MR) is 80.7 cm³/mol. The van der Waals surface area contributed by atoms with Crippen molar-refractivity contribution in [1.29, 1.82) is 5.26 Å². The van der Waals surface area contributed by atoms with Gasteiger partial charge in [0.15, 0.2) is 0 Å². The number of carbonyl (C=O) groups is 1. The summed E-state index contributed by atoms with van der Waals surface area (Å²) in [5.74, 6) is -0.577. The Labute approximate surface area is 127 Å². The summed E-state index contributed by atoms with van der Waals surface area (Å²) in [7, 11) is 0. The number of rotatable bonds is 1. The summed E-state index contributed by atoms with van der Waals surface area (Å²) >= 11 is 0. The van der Waals surface area contributed by atoms with Crippen LogP contribution in [0, 0.1) is 17.2 Å². The van der Waals surface area contributed by atoms with Gasteiger partial charge in [-0.1, -0.05) is 12.1 Å². The second-order valence-corrected chi connectivity index (χ2v) is 5.49. The number of amides is 1. The van der Waals surface area contributed by atoms with Crippen molar-refractivity contribution >= 4 is 17.0 Å². The monoisotopic (exact) mass is 296 g/mol. The van der Waals surface area contributed by atoms with Crippen molar-refractivity contribution in [3.63, 3.8) is 0 Å². The van der Waals surface area contributed by atoms with E-state index in [0.717, 1.165) is 10.9 Å². The van der Waals surface area contributed by atoms with Crippen LogP contribution in [0.1, 0.15) is 18.4 Å². The molecule has 6 heteroatoms. The number of aromatic nitrogens is 1. The van der Waals surface area contributed by atoms with Gasteiger partial charge < -0.3 is 10.8 Å². The molecule has 22 heavy (non-hydrogen) atoms. The van der Waals surface area contributed by atoms with Crippen LogP contribution in [0.15, 0.2) is 36.5 Å². The number of fused-ring (bicyclic) bond motifs is 1. The van der Waals surface area contributed by atoms with Crippen molar-refractivity contribution < 1.29 is 9.90 Å². The molecule has 1 aliphatic rings. The van der Waals surface area contributed by atoms with Gasteiger partial charge >= 0.3 is 6.09 Å². The molecule has 0 aliphatic carbocycles. The normalized spacial score (nSPS) is 24.9. The highest BCUT2D eigenvalue weighted by Crippen LogP contribution is 2.38. The Morgan fingerprint density at radius 3 is 3.05 bits per heavy atom. The van der Waals surface area contributed by atoms with Crippen LogP contribution in [-0.4, -0.2) is 27.6 Å². The van der Waals surface area contributed by atoms with Crippen LogP contribution in [0.5, 0.6) is 0 Å². The lowest BCUT2D eigenvalue weighted by Gasteiger charge is -2.46. The fourth-order valence-corrected chi connectivity index (χ4v) is 3.15. The third-order valence-corrected chi connectivity index (χ3v) is 4.30. The number of hydrogen-bond donors (Lipinski definition) is 2. The Hall–Kier alpha value is -2.65. The molecule has 1 saturated heterocycles. The summed E-state index contributed by atoms with van der Waals surface area (Å²) in [6, 6.07) is 11.3. The van der Waals surface area contributed by atoms with Crippen LogP contribution >= 0.6 is 0 Å². The summed E-state index contributed by atoms with van der Waals surface area (Å²) in [6.07, 6.45) is 1.82. The minimum atomic E-state index is -1.33. The summed E-state index contributed by atoms with van der Waals surface area (Å²) in [5, 5.41) is 19.8. The zero-order chi connectivity index (χ0) is 15.7. The van der Waals surface area contributed by atoms with Gasteiger partial charge in [-0.3, -0.25) is 9.88 Å². The Kier molecular flexibility index (Phi) is 3.43. The minimum absolute atomic E-state index is 0.328. The first-order valence-electron chi connectivity index (χ1n) is 7.11. The van der Waals surface area contributed by atoms with Crippen LogP contribution < -0.4 is 5.73 Å². The van der Waals surface area contributed by atoms with E-state index in [9.17, 15) is 15.2 Å². The molecule has 1 aliphatic heterocycles. The van der Waals surface area contributed by atoms with Crippen molar-refractivity contribution in [1.82, 2.24) is 9.88 Å². The molecule has 2 atom stereocenters. The molecule has 3 rings (SSSR count). The molecule has 2 heterocycles. The molecule has 1 fully saturated rings. The highest BCUT2D eigenvalue weighted by molar-refractivity contribution is 5.79. The zero-order valence-electron chi connectivity index (χ0n) is 11.9. The van der Waals surface area contributed by atoms with Crippen molar-refractivity contribution in [3.05, 3.63) is 42.1 Å². The van der Waals surface area contributed by atoms with E-state index >= 15 is 0 Å². The second-order valence-electron chi connectivity index (χ2n) is 5.49. The quantitative estimate of drug-likeness (QED) is 0.840. The van der Waals surface area contributed by atoms with E-state index in [0.29, 0.717) is 24.9 Å². The lowest BCUT2D eigenvalue weighted by Crippen LogP contribution is -2.62. The molecule has 1 aromatic carbocycles. The lowest BCUT2D eigenvalue weighted by atomic mass is 9.79. The summed E-state index contributed by atoms with van der Waals surface area (Å²) in [6.45, 7) is 0.328. The molecule has 1 amide bonds. The smallest absolute Gasteiger partial charge is 0.409 e. The molecular formula is C16H16N4O2. The SMILES string of the molecule is N#CC1CCCN(C(=O)O)C1(N)c1ccc2ncccc2c1. The third-order valence-electron chi connectivity index (χ3n) is 4.30. The first-order valence-corrected chi connectivity index (χ1v) is 7.11. The number of pyridine rings is 1. The number of carboxylic acid groups (broad SMARTS) is 1. The number of nitriles is 1. The highest BCUT2D eigenvalue weighted by atomic mass is 16.4. The van der Waals surface area contributed by atoms with Gasteiger partial charge in [0.25, 0.3) is 0 Å². The zero-order valence-corrected chi connectivity index (χ0v) is 11.9. The Morgan fingerprint density at radius 1 is 1.50 bits per heavy atom. The van der Waals surface area contributed by atoms with E-state index < -0.39 is 17.7 Å². The average Bonchev–Trinajstić information content (AvgIpc) is 2.54. The van der Waals surface area contributed by atoms with Crippen LogP contribution in [-0.2, 0) is 5.66 Å². The van der Waals surface area contributed by atoms with Crippen LogP contribution in [0.25, 0.3) is 10.9 Å². The Balaban J connectivity index is 2.17. The van der Waals surface area contributed by atoms with Gasteiger partial charge in [-0.05, 0) is 36.6 Å². The highest BCUT2D eigenvalue weighted by Gasteiger charge is 2.47. The molecule has 6 nitrogen and oxygen atoms in total. The predicted octanol–water partition coefficient (Wildman–Crippen LogP) is 2.26. The van der Waals surface area contributed by atoms with E-state index in [4.69, 9.17) is 5.73 Å². The van der Waals surface area contributed by atoms with Crippen LogP contribution in [0.4, 0.5) is 4.79 Å². The van der Waals surface area contributed by atoms with Crippen LogP contribution in [0.2, 0.25) is 0 Å². The van der Waals surface area contributed by atoms with Crippen molar-refractivity contribution in [2.24, 2.45) is 11.7 Å². The summed E-state index contributed by atoms with van der Waals surface area (Å²) < 4.78 is 0. The first kappa shape index (κ1) is 14.3. The van der Waals surface area contributed by atoms with Gasteiger partial charge in [0, 0.05) is 18.1 Å². The standard InChI is InChI=1S/C16H16N4O2/c17-10-13-4-2-8-20(15(21)22)16(13,18)12-5-6-14-11(9-12)3-1-7-19-14/h1,3,5-7,9,13H,2,4,8,18H2,(H,21,22). The molecule has 0 spiro atoms. The number of nitrogens with zero attached hydrogens (tertiary/aromatic N) is 3. The maximum atomic E-state index is 11.6. The molecule has 2 aromatic rings. The maximum Gasteiger partial charge on any atom is 0.409 e. The van der Waals surface area contributed by atoms with Crippen molar-refractivity contribution in [2.45, 2.75) is 18.5 Å². The second kappa shape index (κ2) is 5.28. The maximum absolute atomic E-state index is 11.6. The minimum Gasteiger partial charge on any atom is -0.465 e. The van der Waals surface area contributed by atoms with Crippen molar-refractivity contribution in [3.8, 4) is 6.07 Å². The first-order chi connectivity index (χ1) is 10.6. The number of benzene rings is 1. The van der Waals surface area contributed by atoms with Gasteiger partial charge in [-0.15, -0.1) is 0 Å². The van der Waals surface area contributed by atoms with Gasteiger partial charge in [-0.25, -0.2) is 4.79 Å². The molecule has 0 radical (unpaired) electrons. The average molecular weight is 296 g/mol. The fraction of sp³-hybridized carbons (Fsp3) is 0.312. The topological polar surface area (TPSA) is 103 Å². The number of hydrogen-bond acceptors (Lipinski definition) is 4. The molecule has 112 valence electrons. The number of likely N-dealkylation sites (tertiary alicyclic amines) is 1. The van der Waals surface area contributed by atoms with Crippen LogP contribution in [0.3, 0.4) is 0 Å². The largest absolute Gasteiger partial charge is 0.465 e. The van der Waals surface area contributed by atoms with Crippen molar-refractivity contribution in [2.75, 3.05) is 6.54 Å². The van der Waals surface area contributed by atoms with Gasteiger partial charge in [-0.2, -0.15) is 5.26 Å². The summed E-state index contributed by atoms with van der Waals surface area (Å²) in [5.41, 5.74) is 6.58. The van der Waals surface area contributed by atoms with Gasteiger partial charge in [0.05, 0.1) is 17.5 Å². The van der Waals surface area contributed by atoms with E-state index in [1.54, 1.807) is 12.3 Å². The van der Waals surface area contributed by atoms with E-state index in [1.807, 2.05) is 24.3 Å². The third kappa shape index (κ3) is 2.07.